The van der Waals surface area contributed by atoms with Crippen LogP contribution in [0.2, 0.25) is 0 Å². The summed E-state index contributed by atoms with van der Waals surface area (Å²) in [5.74, 6) is 1.01. The molecule has 4 nitrogen and oxygen atoms in total. The molecule has 1 aromatic carbocycles. The number of anilines is 1. The molecular formula is C15H19N3OS. The normalized spacial score (nSPS) is 23.1. The van der Waals surface area contributed by atoms with E-state index in [0.717, 1.165) is 12.3 Å². The van der Waals surface area contributed by atoms with Crippen molar-refractivity contribution in [1.29, 1.82) is 5.26 Å². The van der Waals surface area contributed by atoms with Gasteiger partial charge in [0.25, 0.3) is 0 Å². The SMILES string of the molecule is CC1SCCN(CC(=O)Nc2ccccc2C#N)C1C. The molecule has 1 N–H and O–H groups in total. The first-order valence-corrected chi connectivity index (χ1v) is 7.81. The van der Waals surface area contributed by atoms with Crippen LogP contribution in [0.4, 0.5) is 5.69 Å². The number of thioether (sulfide) groups is 1. The zero-order valence-corrected chi connectivity index (χ0v) is 12.6. The number of nitrogens with one attached hydrogen (secondary N) is 1. The number of benzene rings is 1. The zero-order chi connectivity index (χ0) is 14.5. The Kier molecular flexibility index (Phi) is 5.05. The predicted molar refractivity (Wildman–Crippen MR) is 82.7 cm³/mol. The van der Waals surface area contributed by atoms with Crippen LogP contribution in [-0.2, 0) is 4.79 Å². The minimum Gasteiger partial charge on any atom is -0.324 e. The number of carbonyl (C=O) groups excluding carboxylic acids is 1. The van der Waals surface area contributed by atoms with Crippen LogP contribution in [0.1, 0.15) is 19.4 Å². The van der Waals surface area contributed by atoms with Gasteiger partial charge in [-0.1, -0.05) is 19.1 Å². The van der Waals surface area contributed by atoms with Crippen LogP contribution in [-0.4, -0.2) is 40.9 Å². The summed E-state index contributed by atoms with van der Waals surface area (Å²) in [5.41, 5.74) is 1.09. The van der Waals surface area contributed by atoms with Gasteiger partial charge in [0.2, 0.25) is 5.91 Å². The van der Waals surface area contributed by atoms with Crippen molar-refractivity contribution in [3.05, 3.63) is 29.8 Å². The minimum atomic E-state index is -0.0568. The minimum absolute atomic E-state index is 0.0568. The summed E-state index contributed by atoms with van der Waals surface area (Å²) in [6.07, 6.45) is 0. The number of amides is 1. The lowest BCUT2D eigenvalue weighted by molar-refractivity contribution is -0.117. The van der Waals surface area contributed by atoms with E-state index in [1.165, 1.54) is 0 Å². The molecule has 0 radical (unpaired) electrons. The van der Waals surface area contributed by atoms with Crippen molar-refractivity contribution in [2.24, 2.45) is 0 Å². The fourth-order valence-electron chi connectivity index (χ4n) is 2.28. The maximum atomic E-state index is 12.1. The Morgan fingerprint density at radius 3 is 3.00 bits per heavy atom. The van der Waals surface area contributed by atoms with Gasteiger partial charge in [-0.3, -0.25) is 9.69 Å². The molecular weight excluding hydrogens is 270 g/mol. The second-order valence-electron chi connectivity index (χ2n) is 4.99. The summed E-state index contributed by atoms with van der Waals surface area (Å²) in [6.45, 7) is 5.67. The first kappa shape index (κ1) is 14.9. The molecule has 2 rings (SSSR count). The van der Waals surface area contributed by atoms with Gasteiger partial charge in [0.15, 0.2) is 0 Å². The molecule has 1 aliphatic heterocycles. The predicted octanol–water partition coefficient (Wildman–Crippen LogP) is 2.32. The molecule has 1 amide bonds. The van der Waals surface area contributed by atoms with Gasteiger partial charge in [0, 0.05) is 23.6 Å². The molecule has 1 saturated heterocycles. The molecule has 0 aromatic heterocycles. The van der Waals surface area contributed by atoms with Crippen molar-refractivity contribution in [3.8, 4) is 6.07 Å². The monoisotopic (exact) mass is 289 g/mol. The number of hydrogen-bond donors (Lipinski definition) is 1. The van der Waals surface area contributed by atoms with Gasteiger partial charge in [0.05, 0.1) is 17.8 Å². The summed E-state index contributed by atoms with van der Waals surface area (Å²) < 4.78 is 0. The van der Waals surface area contributed by atoms with Crippen molar-refractivity contribution in [2.75, 3.05) is 24.2 Å². The second-order valence-corrected chi connectivity index (χ2v) is 6.48. The Bertz CT molecular complexity index is 526. The fraction of sp³-hybridized carbons (Fsp3) is 0.467. The van der Waals surface area contributed by atoms with E-state index in [4.69, 9.17) is 5.26 Å². The lowest BCUT2D eigenvalue weighted by Gasteiger charge is -2.36. The highest BCUT2D eigenvalue weighted by Gasteiger charge is 2.26. The van der Waals surface area contributed by atoms with E-state index >= 15 is 0 Å². The van der Waals surface area contributed by atoms with Crippen LogP contribution in [0, 0.1) is 11.3 Å². The first-order chi connectivity index (χ1) is 9.61. The van der Waals surface area contributed by atoms with Crippen LogP contribution in [0.3, 0.4) is 0 Å². The van der Waals surface area contributed by atoms with Crippen LogP contribution < -0.4 is 5.32 Å². The number of nitrogens with zero attached hydrogens (tertiary/aromatic N) is 2. The van der Waals surface area contributed by atoms with E-state index in [1.54, 1.807) is 18.2 Å². The Morgan fingerprint density at radius 2 is 2.25 bits per heavy atom. The van der Waals surface area contributed by atoms with Gasteiger partial charge < -0.3 is 5.32 Å². The highest BCUT2D eigenvalue weighted by atomic mass is 32.2. The highest BCUT2D eigenvalue weighted by Crippen LogP contribution is 2.24. The molecule has 2 unspecified atom stereocenters. The van der Waals surface area contributed by atoms with Crippen molar-refractivity contribution < 1.29 is 4.79 Å². The number of rotatable bonds is 3. The Balaban J connectivity index is 1.97. The number of carbonyl (C=O) groups is 1. The van der Waals surface area contributed by atoms with E-state index in [0.29, 0.717) is 29.1 Å². The lowest BCUT2D eigenvalue weighted by Crippen LogP contribution is -2.47. The van der Waals surface area contributed by atoms with Gasteiger partial charge in [-0.05, 0) is 19.1 Å². The van der Waals surface area contributed by atoms with Crippen LogP contribution >= 0.6 is 11.8 Å². The van der Waals surface area contributed by atoms with Crippen molar-refractivity contribution in [1.82, 2.24) is 4.90 Å². The summed E-state index contributed by atoms with van der Waals surface area (Å²) in [5, 5.41) is 12.4. The summed E-state index contributed by atoms with van der Waals surface area (Å²) in [4.78, 5) is 14.3. The van der Waals surface area contributed by atoms with Crippen molar-refractivity contribution in [3.63, 3.8) is 0 Å². The van der Waals surface area contributed by atoms with Crippen LogP contribution in [0.15, 0.2) is 24.3 Å². The molecule has 1 heterocycles. The van der Waals surface area contributed by atoms with Gasteiger partial charge in [-0.15, -0.1) is 0 Å². The number of hydrogen-bond acceptors (Lipinski definition) is 4. The van der Waals surface area contributed by atoms with Gasteiger partial charge in [-0.2, -0.15) is 17.0 Å². The molecule has 1 fully saturated rings. The smallest absolute Gasteiger partial charge is 0.238 e. The van der Waals surface area contributed by atoms with E-state index < -0.39 is 0 Å². The third-order valence-corrected chi connectivity index (χ3v) is 5.02. The summed E-state index contributed by atoms with van der Waals surface area (Å²) >= 11 is 1.95. The molecule has 5 heteroatoms. The first-order valence-electron chi connectivity index (χ1n) is 6.76. The number of para-hydroxylation sites is 1. The van der Waals surface area contributed by atoms with Gasteiger partial charge in [0.1, 0.15) is 6.07 Å². The molecule has 1 aromatic rings. The van der Waals surface area contributed by atoms with Gasteiger partial charge in [-0.25, -0.2) is 0 Å². The molecule has 2 atom stereocenters. The fourth-order valence-corrected chi connectivity index (χ4v) is 3.44. The molecule has 20 heavy (non-hydrogen) atoms. The third kappa shape index (κ3) is 3.53. The van der Waals surface area contributed by atoms with Crippen LogP contribution in [0.5, 0.6) is 0 Å². The highest BCUT2D eigenvalue weighted by molar-refractivity contribution is 8.00. The molecule has 0 aliphatic carbocycles. The maximum absolute atomic E-state index is 12.1. The van der Waals surface area contributed by atoms with E-state index in [1.807, 2.05) is 17.8 Å². The Labute approximate surface area is 124 Å². The molecule has 0 spiro atoms. The topological polar surface area (TPSA) is 56.1 Å². The van der Waals surface area contributed by atoms with E-state index in [-0.39, 0.29) is 5.91 Å². The molecule has 106 valence electrons. The molecule has 1 aliphatic rings. The average Bonchev–Trinajstić information content (AvgIpc) is 2.44. The Hall–Kier alpha value is -1.51. The van der Waals surface area contributed by atoms with Crippen molar-refractivity contribution in [2.45, 2.75) is 25.1 Å². The van der Waals surface area contributed by atoms with Gasteiger partial charge >= 0.3 is 0 Å². The largest absolute Gasteiger partial charge is 0.324 e. The summed E-state index contributed by atoms with van der Waals surface area (Å²) in [7, 11) is 0. The average molecular weight is 289 g/mol. The second kappa shape index (κ2) is 6.78. The third-order valence-electron chi connectivity index (χ3n) is 3.68. The number of nitriles is 1. The van der Waals surface area contributed by atoms with Crippen LogP contribution in [0.25, 0.3) is 0 Å². The molecule has 0 saturated carbocycles. The van der Waals surface area contributed by atoms with E-state index in [2.05, 4.69) is 30.1 Å². The maximum Gasteiger partial charge on any atom is 0.238 e. The molecule has 0 bridgehead atoms. The summed E-state index contributed by atoms with van der Waals surface area (Å²) in [6, 6.07) is 9.56. The lowest BCUT2D eigenvalue weighted by atomic mass is 10.2. The van der Waals surface area contributed by atoms with Crippen molar-refractivity contribution >= 4 is 23.4 Å². The Morgan fingerprint density at radius 1 is 1.50 bits per heavy atom. The quantitative estimate of drug-likeness (QED) is 0.928. The standard InChI is InChI=1S/C15H19N3OS/c1-11-12(2)20-8-7-18(11)10-15(19)17-14-6-4-3-5-13(14)9-16/h3-6,11-12H,7-8,10H2,1-2H3,(H,17,19). The zero-order valence-electron chi connectivity index (χ0n) is 11.8. The van der Waals surface area contributed by atoms with E-state index in [9.17, 15) is 4.79 Å².